The van der Waals surface area contributed by atoms with Gasteiger partial charge in [-0.2, -0.15) is 5.10 Å². The zero-order chi connectivity index (χ0) is 17.3. The van der Waals surface area contributed by atoms with Gasteiger partial charge in [0.15, 0.2) is 5.65 Å². The molecule has 0 aliphatic carbocycles. The molecule has 0 unspecified atom stereocenters. The Morgan fingerprint density at radius 2 is 2.04 bits per heavy atom. The fraction of sp³-hybridized carbons (Fsp3) is 0.333. The Kier molecular flexibility index (Phi) is 4.05. The first-order valence-corrected chi connectivity index (χ1v) is 7.90. The van der Waals surface area contributed by atoms with Crippen LogP contribution in [-0.4, -0.2) is 25.5 Å². The van der Waals surface area contributed by atoms with E-state index in [4.69, 9.17) is 0 Å². The van der Waals surface area contributed by atoms with Crippen LogP contribution >= 0.6 is 0 Å². The second kappa shape index (κ2) is 6.03. The van der Waals surface area contributed by atoms with Crippen molar-refractivity contribution in [3.05, 3.63) is 59.3 Å². The molecule has 3 rings (SSSR count). The van der Waals surface area contributed by atoms with E-state index in [2.05, 4.69) is 41.2 Å². The van der Waals surface area contributed by atoms with E-state index in [1.807, 2.05) is 31.2 Å². The number of pyridine rings is 1. The second-order valence-electron chi connectivity index (χ2n) is 6.81. The third-order valence-electron chi connectivity index (χ3n) is 3.89. The van der Waals surface area contributed by atoms with Crippen molar-refractivity contribution in [2.24, 2.45) is 0 Å². The van der Waals surface area contributed by atoms with Crippen LogP contribution in [0.2, 0.25) is 0 Å². The molecule has 0 radical (unpaired) electrons. The fourth-order valence-corrected chi connectivity index (χ4v) is 2.41. The molecule has 1 N–H and O–H groups in total. The quantitative estimate of drug-likeness (QED) is 0.804. The number of nitrogens with zero attached hydrogens (tertiary/aromatic N) is 4. The number of hydrogen-bond donors (Lipinski definition) is 1. The van der Waals surface area contributed by atoms with Crippen molar-refractivity contribution >= 4 is 11.6 Å². The first-order chi connectivity index (χ1) is 11.4. The van der Waals surface area contributed by atoms with Crippen LogP contribution in [0.25, 0.3) is 5.65 Å². The Morgan fingerprint density at radius 1 is 1.25 bits per heavy atom. The normalized spacial score (nSPS) is 11.7. The van der Waals surface area contributed by atoms with Crippen LogP contribution in [-0.2, 0) is 12.0 Å². The van der Waals surface area contributed by atoms with Crippen molar-refractivity contribution in [2.75, 3.05) is 0 Å². The van der Waals surface area contributed by atoms with Gasteiger partial charge in [-0.3, -0.25) is 9.78 Å². The molecule has 6 nitrogen and oxygen atoms in total. The van der Waals surface area contributed by atoms with Crippen molar-refractivity contribution in [3.63, 3.8) is 0 Å². The summed E-state index contributed by atoms with van der Waals surface area (Å²) in [6, 6.07) is 7.57. The van der Waals surface area contributed by atoms with Gasteiger partial charge in [-0.25, -0.2) is 9.50 Å². The van der Waals surface area contributed by atoms with Crippen LogP contribution in [0, 0.1) is 6.92 Å². The van der Waals surface area contributed by atoms with E-state index < -0.39 is 0 Å². The van der Waals surface area contributed by atoms with Gasteiger partial charge in [0.25, 0.3) is 5.91 Å². The fourth-order valence-electron chi connectivity index (χ4n) is 2.41. The Bertz CT molecular complexity index is 878. The lowest BCUT2D eigenvalue weighted by atomic mass is 9.93. The molecule has 0 saturated carbocycles. The number of carbonyl (C=O) groups excluding carboxylic acids is 1. The highest BCUT2D eigenvalue weighted by molar-refractivity contribution is 5.95. The molecule has 0 spiro atoms. The van der Waals surface area contributed by atoms with Gasteiger partial charge < -0.3 is 5.32 Å². The summed E-state index contributed by atoms with van der Waals surface area (Å²) in [5.74, 6) is -0.180. The van der Waals surface area contributed by atoms with Gasteiger partial charge in [-0.1, -0.05) is 26.8 Å². The van der Waals surface area contributed by atoms with Gasteiger partial charge >= 0.3 is 0 Å². The molecule has 0 aliphatic heterocycles. The molecular weight excluding hydrogens is 302 g/mol. The Balaban J connectivity index is 1.86. The molecule has 3 aromatic rings. The van der Waals surface area contributed by atoms with Crippen LogP contribution in [0.1, 0.15) is 48.2 Å². The highest BCUT2D eigenvalue weighted by atomic mass is 16.1. The minimum absolute atomic E-state index is 0.0679. The molecule has 3 heterocycles. The number of fused-ring (bicyclic) bond motifs is 1. The number of amides is 1. The van der Waals surface area contributed by atoms with Crippen molar-refractivity contribution in [1.29, 1.82) is 0 Å². The molecule has 3 aromatic heterocycles. The highest BCUT2D eigenvalue weighted by Crippen LogP contribution is 2.22. The Morgan fingerprint density at radius 3 is 2.71 bits per heavy atom. The number of nitrogens with one attached hydrogen (secondary N) is 1. The third-order valence-corrected chi connectivity index (χ3v) is 3.89. The van der Waals surface area contributed by atoms with Crippen molar-refractivity contribution in [2.45, 2.75) is 39.7 Å². The molecule has 1 amide bonds. The lowest BCUT2D eigenvalue weighted by Crippen LogP contribution is -2.25. The topological polar surface area (TPSA) is 72.2 Å². The van der Waals surface area contributed by atoms with Crippen molar-refractivity contribution in [1.82, 2.24) is 24.9 Å². The van der Waals surface area contributed by atoms with E-state index in [1.165, 1.54) is 0 Å². The van der Waals surface area contributed by atoms with E-state index >= 15 is 0 Å². The van der Waals surface area contributed by atoms with E-state index in [0.29, 0.717) is 12.1 Å². The van der Waals surface area contributed by atoms with Gasteiger partial charge in [-0.05, 0) is 19.1 Å². The summed E-state index contributed by atoms with van der Waals surface area (Å²) in [6.07, 6.45) is 3.31. The summed E-state index contributed by atoms with van der Waals surface area (Å²) in [5, 5.41) is 7.48. The molecule has 0 fully saturated rings. The predicted octanol–water partition coefficient (Wildman–Crippen LogP) is 2.66. The molecule has 0 bridgehead atoms. The number of aryl methyl sites for hydroxylation is 1. The van der Waals surface area contributed by atoms with Crippen LogP contribution in [0.5, 0.6) is 0 Å². The smallest absolute Gasteiger partial charge is 0.255 e. The second-order valence-corrected chi connectivity index (χ2v) is 6.81. The lowest BCUT2D eigenvalue weighted by molar-refractivity contribution is 0.0948. The molecular formula is C18H21N5O. The SMILES string of the molecule is Cc1c(C(=O)NCc2ccccn2)cnc2cc(C(C)(C)C)nn12. The minimum atomic E-state index is -0.180. The summed E-state index contributed by atoms with van der Waals surface area (Å²) in [5.41, 5.74) is 3.73. The molecule has 124 valence electrons. The third kappa shape index (κ3) is 3.13. The van der Waals surface area contributed by atoms with Crippen LogP contribution in [0.4, 0.5) is 0 Å². The number of carbonyl (C=O) groups is 1. The van der Waals surface area contributed by atoms with Crippen molar-refractivity contribution in [3.8, 4) is 0 Å². The Hall–Kier alpha value is -2.76. The summed E-state index contributed by atoms with van der Waals surface area (Å²) in [4.78, 5) is 21.0. The van der Waals surface area contributed by atoms with E-state index in [0.717, 1.165) is 22.7 Å². The number of aromatic nitrogens is 4. The van der Waals surface area contributed by atoms with Crippen LogP contribution < -0.4 is 5.32 Å². The monoisotopic (exact) mass is 323 g/mol. The van der Waals surface area contributed by atoms with Crippen LogP contribution in [0.3, 0.4) is 0 Å². The van der Waals surface area contributed by atoms with Gasteiger partial charge in [0.1, 0.15) is 0 Å². The Labute approximate surface area is 141 Å². The number of rotatable bonds is 3. The van der Waals surface area contributed by atoms with Crippen molar-refractivity contribution < 1.29 is 4.79 Å². The van der Waals surface area contributed by atoms with E-state index in [1.54, 1.807) is 16.9 Å². The predicted molar refractivity (Wildman–Crippen MR) is 91.8 cm³/mol. The zero-order valence-corrected chi connectivity index (χ0v) is 14.4. The summed E-state index contributed by atoms with van der Waals surface area (Å²) in [6.45, 7) is 8.56. The van der Waals surface area contributed by atoms with Gasteiger partial charge in [0, 0.05) is 23.9 Å². The number of hydrogen-bond acceptors (Lipinski definition) is 4. The van der Waals surface area contributed by atoms with Crippen LogP contribution in [0.15, 0.2) is 36.7 Å². The van der Waals surface area contributed by atoms with Gasteiger partial charge in [0.2, 0.25) is 0 Å². The maximum absolute atomic E-state index is 12.5. The standard InChI is InChI=1S/C18H21N5O/c1-12-14(17(24)21-10-13-7-5-6-8-19-13)11-20-16-9-15(18(2,3)4)22-23(12)16/h5-9,11H,10H2,1-4H3,(H,21,24). The maximum atomic E-state index is 12.5. The average molecular weight is 323 g/mol. The molecule has 6 heteroatoms. The lowest BCUT2D eigenvalue weighted by Gasteiger charge is -2.13. The van der Waals surface area contributed by atoms with E-state index in [9.17, 15) is 4.79 Å². The summed E-state index contributed by atoms with van der Waals surface area (Å²) < 4.78 is 1.73. The molecule has 0 aromatic carbocycles. The molecule has 0 saturated heterocycles. The highest BCUT2D eigenvalue weighted by Gasteiger charge is 2.20. The molecule has 0 atom stereocenters. The average Bonchev–Trinajstić information content (AvgIpc) is 2.99. The van der Waals surface area contributed by atoms with E-state index in [-0.39, 0.29) is 11.3 Å². The zero-order valence-electron chi connectivity index (χ0n) is 14.4. The van der Waals surface area contributed by atoms with Gasteiger partial charge in [0.05, 0.1) is 29.2 Å². The molecule has 0 aliphatic rings. The molecule has 24 heavy (non-hydrogen) atoms. The first-order valence-electron chi connectivity index (χ1n) is 7.90. The minimum Gasteiger partial charge on any atom is -0.346 e. The summed E-state index contributed by atoms with van der Waals surface area (Å²) in [7, 11) is 0. The first kappa shape index (κ1) is 16.1. The largest absolute Gasteiger partial charge is 0.346 e. The summed E-state index contributed by atoms with van der Waals surface area (Å²) >= 11 is 0. The van der Waals surface area contributed by atoms with Gasteiger partial charge in [-0.15, -0.1) is 0 Å². The maximum Gasteiger partial charge on any atom is 0.255 e.